The Kier molecular flexibility index (Phi) is 3.96. The highest BCUT2D eigenvalue weighted by Gasteiger charge is 2.27. The van der Waals surface area contributed by atoms with E-state index in [-0.39, 0.29) is 17.3 Å². The maximum absolute atomic E-state index is 13.2. The molecule has 1 N–H and O–H groups in total. The maximum atomic E-state index is 13.2. The average molecular weight is 315 g/mol. The lowest BCUT2D eigenvalue weighted by Crippen LogP contribution is -2.41. The maximum Gasteiger partial charge on any atom is 0.272 e. The quantitative estimate of drug-likeness (QED) is 0.923. The molecule has 1 aliphatic rings. The summed E-state index contributed by atoms with van der Waals surface area (Å²) in [4.78, 5) is 12.6. The topological polar surface area (TPSA) is 46.9 Å². The summed E-state index contributed by atoms with van der Waals surface area (Å²) in [6.45, 7) is 5.86. The van der Waals surface area contributed by atoms with Crippen molar-refractivity contribution in [3.05, 3.63) is 47.0 Å². The van der Waals surface area contributed by atoms with Gasteiger partial charge in [-0.3, -0.25) is 4.79 Å². The number of benzene rings is 1. The number of carbonyl (C=O) groups is 1. The number of amides is 1. The Morgan fingerprint density at radius 2 is 1.83 bits per heavy atom. The lowest BCUT2D eigenvalue weighted by atomic mass is 9.95. The summed E-state index contributed by atoms with van der Waals surface area (Å²) in [7, 11) is 0. The second-order valence-electron chi connectivity index (χ2n) is 7.07. The average Bonchev–Trinajstić information content (AvgIpc) is 2.86. The number of hydrogen-bond acceptors (Lipinski definition) is 2. The van der Waals surface area contributed by atoms with E-state index in [0.29, 0.717) is 5.69 Å². The molecule has 23 heavy (non-hydrogen) atoms. The summed E-state index contributed by atoms with van der Waals surface area (Å²) in [5, 5.41) is 7.54. The van der Waals surface area contributed by atoms with E-state index in [1.165, 1.54) is 12.1 Å². The fourth-order valence-corrected chi connectivity index (χ4v) is 2.98. The smallest absolute Gasteiger partial charge is 0.272 e. The van der Waals surface area contributed by atoms with Gasteiger partial charge in [0.1, 0.15) is 5.82 Å². The Bertz CT molecular complexity index is 726. The van der Waals surface area contributed by atoms with Gasteiger partial charge in [-0.25, -0.2) is 9.07 Å². The molecular weight excluding hydrogens is 293 g/mol. The first-order chi connectivity index (χ1) is 10.8. The van der Waals surface area contributed by atoms with Crippen LogP contribution in [-0.4, -0.2) is 21.2 Å². The van der Waals surface area contributed by atoms with Crippen molar-refractivity contribution in [1.29, 1.82) is 0 Å². The van der Waals surface area contributed by atoms with Gasteiger partial charge in [0.15, 0.2) is 5.69 Å². The van der Waals surface area contributed by atoms with Gasteiger partial charge < -0.3 is 5.32 Å². The molecule has 1 aromatic carbocycles. The Hall–Kier alpha value is -2.17. The van der Waals surface area contributed by atoms with Gasteiger partial charge in [0.2, 0.25) is 0 Å². The minimum absolute atomic E-state index is 0.142. The molecule has 1 amide bonds. The van der Waals surface area contributed by atoms with Crippen LogP contribution in [0.2, 0.25) is 0 Å². The number of hydrogen-bond donors (Lipinski definition) is 1. The standard InChI is InChI=1S/C18H22FN3O/c1-18(2,3)20-17(23)16-14-6-4-5-7-15(14)22(21-16)13-10-8-12(19)9-11-13/h8-11H,4-7H2,1-3H3,(H,20,23). The molecule has 5 heteroatoms. The van der Waals surface area contributed by atoms with E-state index in [0.717, 1.165) is 42.6 Å². The molecule has 1 heterocycles. The monoisotopic (exact) mass is 315 g/mol. The third kappa shape index (κ3) is 3.28. The van der Waals surface area contributed by atoms with Crippen molar-refractivity contribution in [2.75, 3.05) is 0 Å². The normalized spacial score (nSPS) is 14.4. The Labute approximate surface area is 135 Å². The molecule has 0 fully saturated rings. The van der Waals surface area contributed by atoms with Gasteiger partial charge in [0, 0.05) is 16.8 Å². The minimum Gasteiger partial charge on any atom is -0.346 e. The number of nitrogens with one attached hydrogen (secondary N) is 1. The van der Waals surface area contributed by atoms with E-state index in [9.17, 15) is 9.18 Å². The molecule has 0 unspecified atom stereocenters. The van der Waals surface area contributed by atoms with Crippen molar-refractivity contribution in [1.82, 2.24) is 15.1 Å². The van der Waals surface area contributed by atoms with Crippen LogP contribution >= 0.6 is 0 Å². The van der Waals surface area contributed by atoms with E-state index in [4.69, 9.17) is 0 Å². The van der Waals surface area contributed by atoms with E-state index >= 15 is 0 Å². The molecule has 122 valence electrons. The fourth-order valence-electron chi connectivity index (χ4n) is 2.98. The van der Waals surface area contributed by atoms with E-state index in [1.54, 1.807) is 16.8 Å². The van der Waals surface area contributed by atoms with Crippen LogP contribution in [0.3, 0.4) is 0 Å². The van der Waals surface area contributed by atoms with Crippen LogP contribution in [0, 0.1) is 5.82 Å². The van der Waals surface area contributed by atoms with Gasteiger partial charge in [-0.05, 0) is 70.7 Å². The molecule has 0 bridgehead atoms. The lowest BCUT2D eigenvalue weighted by molar-refractivity contribution is 0.0913. The zero-order valence-electron chi connectivity index (χ0n) is 13.8. The minimum atomic E-state index is -0.307. The van der Waals surface area contributed by atoms with Crippen LogP contribution in [0.1, 0.15) is 55.4 Å². The zero-order chi connectivity index (χ0) is 16.6. The lowest BCUT2D eigenvalue weighted by Gasteiger charge is -2.20. The number of nitrogens with zero attached hydrogens (tertiary/aromatic N) is 2. The molecule has 0 spiro atoms. The molecule has 0 radical (unpaired) electrons. The van der Waals surface area contributed by atoms with Crippen LogP contribution in [-0.2, 0) is 12.8 Å². The van der Waals surface area contributed by atoms with E-state index in [2.05, 4.69) is 10.4 Å². The van der Waals surface area contributed by atoms with Crippen molar-refractivity contribution < 1.29 is 9.18 Å². The van der Waals surface area contributed by atoms with Gasteiger partial charge >= 0.3 is 0 Å². The second-order valence-corrected chi connectivity index (χ2v) is 7.07. The third-order valence-electron chi connectivity index (χ3n) is 3.96. The number of carbonyl (C=O) groups excluding carboxylic acids is 1. The van der Waals surface area contributed by atoms with E-state index in [1.807, 2.05) is 20.8 Å². The van der Waals surface area contributed by atoms with Crippen molar-refractivity contribution in [2.24, 2.45) is 0 Å². The highest BCUT2D eigenvalue weighted by atomic mass is 19.1. The number of halogens is 1. The third-order valence-corrected chi connectivity index (χ3v) is 3.96. The SMILES string of the molecule is CC(C)(C)NC(=O)c1nn(-c2ccc(F)cc2)c2c1CCCC2. The number of aromatic nitrogens is 2. The van der Waals surface area contributed by atoms with Gasteiger partial charge in [-0.15, -0.1) is 0 Å². The first kappa shape index (κ1) is 15.7. The number of rotatable bonds is 2. The summed E-state index contributed by atoms with van der Waals surface area (Å²) in [5.41, 5.74) is 3.08. The molecule has 2 aromatic rings. The van der Waals surface area contributed by atoms with Gasteiger partial charge in [-0.2, -0.15) is 5.10 Å². The molecule has 0 atom stereocenters. The van der Waals surface area contributed by atoms with Crippen molar-refractivity contribution in [2.45, 2.75) is 52.0 Å². The Morgan fingerprint density at radius 3 is 2.48 bits per heavy atom. The number of fused-ring (bicyclic) bond motifs is 1. The first-order valence-corrected chi connectivity index (χ1v) is 8.04. The van der Waals surface area contributed by atoms with Crippen molar-refractivity contribution in [3.8, 4) is 5.69 Å². The van der Waals surface area contributed by atoms with Crippen LogP contribution in [0.4, 0.5) is 4.39 Å². The van der Waals surface area contributed by atoms with Crippen LogP contribution in [0.5, 0.6) is 0 Å². The molecular formula is C18H22FN3O. The molecule has 0 saturated heterocycles. The van der Waals surface area contributed by atoms with Gasteiger partial charge in [0.25, 0.3) is 5.91 Å². The Balaban J connectivity index is 2.05. The molecule has 4 nitrogen and oxygen atoms in total. The molecule has 1 aromatic heterocycles. The largest absolute Gasteiger partial charge is 0.346 e. The van der Waals surface area contributed by atoms with Crippen molar-refractivity contribution >= 4 is 5.91 Å². The molecule has 0 saturated carbocycles. The van der Waals surface area contributed by atoms with Gasteiger partial charge in [0.05, 0.1) is 5.69 Å². The zero-order valence-corrected chi connectivity index (χ0v) is 13.8. The summed E-state index contributed by atoms with van der Waals surface area (Å²) >= 11 is 0. The Morgan fingerprint density at radius 1 is 1.17 bits per heavy atom. The summed E-state index contributed by atoms with van der Waals surface area (Å²) in [6, 6.07) is 6.23. The first-order valence-electron chi connectivity index (χ1n) is 8.04. The van der Waals surface area contributed by atoms with Crippen molar-refractivity contribution in [3.63, 3.8) is 0 Å². The highest BCUT2D eigenvalue weighted by molar-refractivity contribution is 5.94. The van der Waals surface area contributed by atoms with E-state index < -0.39 is 0 Å². The summed E-state index contributed by atoms with van der Waals surface area (Å²) in [6.07, 6.45) is 3.91. The summed E-state index contributed by atoms with van der Waals surface area (Å²) < 4.78 is 15.0. The second kappa shape index (κ2) is 5.80. The van der Waals surface area contributed by atoms with Crippen LogP contribution in [0.15, 0.2) is 24.3 Å². The molecule has 0 aliphatic heterocycles. The highest BCUT2D eigenvalue weighted by Crippen LogP contribution is 2.27. The van der Waals surface area contributed by atoms with Crippen LogP contribution < -0.4 is 5.32 Å². The molecule has 1 aliphatic carbocycles. The predicted molar refractivity (Wildman–Crippen MR) is 87.4 cm³/mol. The predicted octanol–water partition coefficient (Wildman–Crippen LogP) is 3.42. The fraction of sp³-hybridized carbons (Fsp3) is 0.444. The van der Waals surface area contributed by atoms with Crippen LogP contribution in [0.25, 0.3) is 5.69 Å². The van der Waals surface area contributed by atoms with Gasteiger partial charge in [-0.1, -0.05) is 0 Å². The summed E-state index contributed by atoms with van der Waals surface area (Å²) in [5.74, 6) is -0.419. The molecule has 3 rings (SSSR count).